The van der Waals surface area contributed by atoms with E-state index in [9.17, 15) is 0 Å². The molecule has 0 aromatic carbocycles. The summed E-state index contributed by atoms with van der Waals surface area (Å²) in [6.07, 6.45) is 0. The van der Waals surface area contributed by atoms with E-state index in [4.69, 9.17) is 5.11 Å². The molecule has 0 unspecified atom stereocenters. The lowest BCUT2D eigenvalue weighted by Gasteiger charge is -2.17. The normalized spacial score (nSPS) is 18.7. The van der Waals surface area contributed by atoms with E-state index in [1.54, 1.807) is 6.92 Å². The SMILES string of the molecule is C=C1OC(O)=C1C. The van der Waals surface area contributed by atoms with E-state index in [0.717, 1.165) is 5.57 Å². The smallest absolute Gasteiger partial charge is 0.289 e. The van der Waals surface area contributed by atoms with Crippen molar-refractivity contribution in [1.29, 1.82) is 0 Å². The van der Waals surface area contributed by atoms with Gasteiger partial charge in [-0.2, -0.15) is 0 Å². The maximum atomic E-state index is 8.48. The summed E-state index contributed by atoms with van der Waals surface area (Å²) in [5.74, 6) is 0.572. The molecule has 0 aliphatic carbocycles. The third-order valence-corrected chi connectivity index (χ3v) is 0.959. The summed E-state index contributed by atoms with van der Waals surface area (Å²) in [4.78, 5) is 0. The van der Waals surface area contributed by atoms with Crippen LogP contribution in [-0.4, -0.2) is 5.11 Å². The third-order valence-electron chi connectivity index (χ3n) is 0.959. The van der Waals surface area contributed by atoms with Crippen molar-refractivity contribution in [2.75, 3.05) is 0 Å². The highest BCUT2D eigenvalue weighted by Gasteiger charge is 2.17. The lowest BCUT2D eigenvalue weighted by Crippen LogP contribution is -2.06. The van der Waals surface area contributed by atoms with Crippen molar-refractivity contribution in [1.82, 2.24) is 0 Å². The Morgan fingerprint density at radius 2 is 2.29 bits per heavy atom. The Morgan fingerprint density at radius 1 is 1.71 bits per heavy atom. The molecule has 1 aliphatic rings. The molecule has 0 saturated carbocycles. The molecule has 2 nitrogen and oxygen atoms in total. The molecule has 0 radical (unpaired) electrons. The molecule has 0 aromatic rings. The summed E-state index contributed by atoms with van der Waals surface area (Å²) in [5.41, 5.74) is 0.750. The Labute approximate surface area is 41.7 Å². The van der Waals surface area contributed by atoms with Crippen LogP contribution in [0.15, 0.2) is 23.9 Å². The molecule has 0 fully saturated rings. The molecule has 1 N–H and O–H groups in total. The van der Waals surface area contributed by atoms with Crippen LogP contribution in [0.5, 0.6) is 0 Å². The van der Waals surface area contributed by atoms with Crippen LogP contribution >= 0.6 is 0 Å². The van der Waals surface area contributed by atoms with Crippen molar-refractivity contribution >= 4 is 0 Å². The third kappa shape index (κ3) is 0.393. The van der Waals surface area contributed by atoms with Crippen LogP contribution in [0.2, 0.25) is 0 Å². The number of aliphatic hydroxyl groups is 1. The Kier molecular flexibility index (Phi) is 0.622. The van der Waals surface area contributed by atoms with Crippen LogP contribution in [0.3, 0.4) is 0 Å². The predicted molar refractivity (Wildman–Crippen MR) is 25.6 cm³/mol. The fourth-order valence-corrected chi connectivity index (χ4v) is 0.343. The van der Waals surface area contributed by atoms with Gasteiger partial charge >= 0.3 is 0 Å². The summed E-state index contributed by atoms with van der Waals surface area (Å²) in [5, 5.41) is 8.48. The number of ether oxygens (including phenoxy) is 1. The molecule has 1 heterocycles. The summed E-state index contributed by atoms with van der Waals surface area (Å²) in [6.45, 7) is 5.20. The van der Waals surface area contributed by atoms with E-state index in [1.807, 2.05) is 0 Å². The molecule has 7 heavy (non-hydrogen) atoms. The van der Waals surface area contributed by atoms with Crippen LogP contribution in [0.1, 0.15) is 6.92 Å². The van der Waals surface area contributed by atoms with Crippen molar-refractivity contribution in [2.24, 2.45) is 0 Å². The van der Waals surface area contributed by atoms with E-state index in [0.29, 0.717) is 5.76 Å². The highest BCUT2D eigenvalue weighted by molar-refractivity contribution is 5.30. The van der Waals surface area contributed by atoms with Gasteiger partial charge in [0.15, 0.2) is 0 Å². The summed E-state index contributed by atoms with van der Waals surface area (Å²) in [6, 6.07) is 0. The van der Waals surface area contributed by atoms with Gasteiger partial charge in [0, 0.05) is 0 Å². The highest BCUT2D eigenvalue weighted by Crippen LogP contribution is 2.25. The lowest BCUT2D eigenvalue weighted by molar-refractivity contribution is 0.106. The zero-order chi connectivity index (χ0) is 5.44. The summed E-state index contributed by atoms with van der Waals surface area (Å²) >= 11 is 0. The van der Waals surface area contributed by atoms with Crippen molar-refractivity contribution in [2.45, 2.75) is 6.92 Å². The van der Waals surface area contributed by atoms with Gasteiger partial charge in [0.2, 0.25) is 0 Å². The maximum Gasteiger partial charge on any atom is 0.289 e. The molecule has 0 aromatic heterocycles. The average Bonchev–Trinajstić information content (AvgIpc) is 1.68. The summed E-state index contributed by atoms with van der Waals surface area (Å²) < 4.78 is 4.49. The fourth-order valence-electron chi connectivity index (χ4n) is 0.343. The number of hydrogen-bond donors (Lipinski definition) is 1. The molecule has 0 bridgehead atoms. The first-order chi connectivity index (χ1) is 3.22. The molecular formula is C5H6O2. The van der Waals surface area contributed by atoms with E-state index < -0.39 is 0 Å². The van der Waals surface area contributed by atoms with Gasteiger partial charge in [0.1, 0.15) is 5.76 Å². The minimum Gasteiger partial charge on any atom is -0.480 e. The van der Waals surface area contributed by atoms with Crippen LogP contribution < -0.4 is 0 Å². The van der Waals surface area contributed by atoms with Crippen LogP contribution in [-0.2, 0) is 4.74 Å². The maximum absolute atomic E-state index is 8.48. The zero-order valence-electron chi connectivity index (χ0n) is 4.06. The van der Waals surface area contributed by atoms with Crippen LogP contribution in [0, 0.1) is 0 Å². The van der Waals surface area contributed by atoms with Gasteiger partial charge in [0.25, 0.3) is 5.95 Å². The van der Waals surface area contributed by atoms with E-state index in [1.165, 1.54) is 0 Å². The van der Waals surface area contributed by atoms with Crippen molar-refractivity contribution < 1.29 is 9.84 Å². The second kappa shape index (κ2) is 1.03. The monoisotopic (exact) mass is 98.0 g/mol. The number of hydrogen-bond acceptors (Lipinski definition) is 2. The van der Waals surface area contributed by atoms with E-state index in [-0.39, 0.29) is 5.95 Å². The minimum atomic E-state index is 0.00463. The first-order valence-corrected chi connectivity index (χ1v) is 1.99. The van der Waals surface area contributed by atoms with E-state index >= 15 is 0 Å². The first kappa shape index (κ1) is 4.24. The second-order valence-corrected chi connectivity index (χ2v) is 1.46. The molecular weight excluding hydrogens is 92.1 g/mol. The Bertz CT molecular complexity index is 144. The molecule has 2 heteroatoms. The minimum absolute atomic E-state index is 0.00463. The molecule has 0 spiro atoms. The van der Waals surface area contributed by atoms with E-state index in [2.05, 4.69) is 11.3 Å². The standard InChI is InChI=1S/C5H6O2/c1-3-4(2)7-5(3)6/h6H,2H2,1H3. The van der Waals surface area contributed by atoms with Crippen LogP contribution in [0.25, 0.3) is 0 Å². The predicted octanol–water partition coefficient (Wildman–Crippen LogP) is 1.32. The lowest BCUT2D eigenvalue weighted by atomic mass is 10.2. The quantitative estimate of drug-likeness (QED) is 0.495. The Hall–Kier alpha value is -0.920. The first-order valence-electron chi connectivity index (χ1n) is 1.99. The van der Waals surface area contributed by atoms with Gasteiger partial charge in [-0.1, -0.05) is 6.58 Å². The molecule has 1 aliphatic heterocycles. The average molecular weight is 98.1 g/mol. The highest BCUT2D eigenvalue weighted by atomic mass is 16.6. The van der Waals surface area contributed by atoms with Crippen molar-refractivity contribution in [3.05, 3.63) is 23.9 Å². The number of aliphatic hydroxyl groups excluding tert-OH is 1. The van der Waals surface area contributed by atoms with Gasteiger partial charge in [-0.3, -0.25) is 0 Å². The Morgan fingerprint density at radius 3 is 2.29 bits per heavy atom. The van der Waals surface area contributed by atoms with Gasteiger partial charge in [-0.25, -0.2) is 0 Å². The van der Waals surface area contributed by atoms with Gasteiger partial charge in [0.05, 0.1) is 5.57 Å². The van der Waals surface area contributed by atoms with Gasteiger partial charge in [-0.15, -0.1) is 0 Å². The summed E-state index contributed by atoms with van der Waals surface area (Å²) in [7, 11) is 0. The molecule has 0 saturated heterocycles. The molecule has 0 amide bonds. The van der Waals surface area contributed by atoms with Crippen molar-refractivity contribution in [3.63, 3.8) is 0 Å². The molecule has 0 atom stereocenters. The topological polar surface area (TPSA) is 29.5 Å². The number of allylic oxidation sites excluding steroid dienone is 1. The second-order valence-electron chi connectivity index (χ2n) is 1.46. The molecule has 1 rings (SSSR count). The van der Waals surface area contributed by atoms with Crippen LogP contribution in [0.4, 0.5) is 0 Å². The Balaban J connectivity index is 2.85. The largest absolute Gasteiger partial charge is 0.480 e. The fraction of sp³-hybridized carbons (Fsp3) is 0.200. The molecule has 38 valence electrons. The zero-order valence-corrected chi connectivity index (χ0v) is 4.06. The number of rotatable bonds is 0. The van der Waals surface area contributed by atoms with Gasteiger partial charge < -0.3 is 9.84 Å². The van der Waals surface area contributed by atoms with Crippen molar-refractivity contribution in [3.8, 4) is 0 Å². The van der Waals surface area contributed by atoms with Gasteiger partial charge in [-0.05, 0) is 6.92 Å².